The van der Waals surface area contributed by atoms with Crippen molar-refractivity contribution in [2.24, 2.45) is 5.73 Å². The monoisotopic (exact) mass is 362 g/mol. The van der Waals surface area contributed by atoms with Crippen LogP contribution in [-0.2, 0) is 0 Å². The zero-order valence-corrected chi connectivity index (χ0v) is 13.3. The summed E-state index contributed by atoms with van der Waals surface area (Å²) in [4.78, 5) is 0. The number of rotatable bonds is 3. The first-order valence-electron chi connectivity index (χ1n) is 6.33. The lowest BCUT2D eigenvalue weighted by Crippen LogP contribution is -2.17. The van der Waals surface area contributed by atoms with Gasteiger partial charge < -0.3 is 5.73 Å². The van der Waals surface area contributed by atoms with E-state index in [0.29, 0.717) is 5.02 Å². The molecule has 2 aromatic carbocycles. The van der Waals surface area contributed by atoms with Crippen molar-refractivity contribution in [2.45, 2.75) is 6.04 Å². The van der Waals surface area contributed by atoms with E-state index < -0.39 is 0 Å². The lowest BCUT2D eigenvalue weighted by molar-refractivity contribution is 0.718. The van der Waals surface area contributed by atoms with Gasteiger partial charge in [0, 0.05) is 9.50 Å². The number of benzene rings is 2. The normalized spacial score (nSPS) is 12.3. The fourth-order valence-corrected chi connectivity index (χ4v) is 3.07. The number of hydrogen-bond acceptors (Lipinski definition) is 3. The average Bonchev–Trinajstić information content (AvgIpc) is 2.97. The van der Waals surface area contributed by atoms with E-state index >= 15 is 0 Å². The van der Waals surface area contributed by atoms with E-state index in [2.05, 4.69) is 26.2 Å². The van der Waals surface area contributed by atoms with Crippen LogP contribution in [0.5, 0.6) is 0 Å². The van der Waals surface area contributed by atoms with Gasteiger partial charge in [0.2, 0.25) is 0 Å². The molecule has 0 saturated heterocycles. The van der Waals surface area contributed by atoms with Crippen LogP contribution in [0.2, 0.25) is 5.02 Å². The maximum atomic E-state index is 6.38. The molecule has 6 heteroatoms. The molecule has 0 aliphatic rings. The van der Waals surface area contributed by atoms with Gasteiger partial charge in [-0.1, -0.05) is 57.0 Å². The Kier molecular flexibility index (Phi) is 4.05. The summed E-state index contributed by atoms with van der Waals surface area (Å²) in [5.41, 5.74) is 9.04. The first-order valence-corrected chi connectivity index (χ1v) is 7.50. The van der Waals surface area contributed by atoms with Crippen LogP contribution in [0.3, 0.4) is 0 Å². The number of aromatic nitrogens is 3. The van der Waals surface area contributed by atoms with Crippen LogP contribution in [-0.4, -0.2) is 15.0 Å². The Balaban J connectivity index is 2.03. The van der Waals surface area contributed by atoms with Crippen LogP contribution < -0.4 is 5.73 Å². The van der Waals surface area contributed by atoms with Gasteiger partial charge in [-0.2, -0.15) is 0 Å². The first-order chi connectivity index (χ1) is 10.2. The van der Waals surface area contributed by atoms with E-state index in [9.17, 15) is 0 Å². The predicted octanol–water partition coefficient (Wildman–Crippen LogP) is 3.73. The Labute approximate surface area is 135 Å². The fourth-order valence-electron chi connectivity index (χ4n) is 2.14. The molecule has 4 nitrogen and oxygen atoms in total. The summed E-state index contributed by atoms with van der Waals surface area (Å²) < 4.78 is 2.61. The molecular weight excluding hydrogens is 352 g/mol. The van der Waals surface area contributed by atoms with Crippen LogP contribution in [0, 0.1) is 0 Å². The van der Waals surface area contributed by atoms with Gasteiger partial charge in [-0.3, -0.25) is 0 Å². The molecule has 0 spiro atoms. The Morgan fingerprint density at radius 3 is 2.62 bits per heavy atom. The van der Waals surface area contributed by atoms with Crippen molar-refractivity contribution in [3.8, 4) is 5.69 Å². The predicted molar refractivity (Wildman–Crippen MR) is 86.5 cm³/mol. The molecule has 0 bridgehead atoms. The Bertz CT molecular complexity index is 757. The first kappa shape index (κ1) is 14.3. The molecule has 2 N–H and O–H groups in total. The van der Waals surface area contributed by atoms with E-state index in [0.717, 1.165) is 21.4 Å². The highest BCUT2D eigenvalue weighted by Crippen LogP contribution is 2.29. The van der Waals surface area contributed by atoms with Crippen molar-refractivity contribution in [3.63, 3.8) is 0 Å². The van der Waals surface area contributed by atoms with Crippen LogP contribution in [0.15, 0.2) is 59.2 Å². The van der Waals surface area contributed by atoms with Crippen LogP contribution in [0.1, 0.15) is 17.3 Å². The van der Waals surface area contributed by atoms with E-state index in [1.54, 1.807) is 10.9 Å². The molecular formula is C15H12BrClN4. The topological polar surface area (TPSA) is 56.7 Å². The molecule has 1 aromatic heterocycles. The van der Waals surface area contributed by atoms with Crippen molar-refractivity contribution >= 4 is 27.5 Å². The van der Waals surface area contributed by atoms with Crippen LogP contribution >= 0.6 is 27.5 Å². The molecule has 0 amide bonds. The summed E-state index contributed by atoms with van der Waals surface area (Å²) in [6, 6.07) is 15.0. The average molecular weight is 364 g/mol. The van der Waals surface area contributed by atoms with Crippen molar-refractivity contribution in [1.29, 1.82) is 0 Å². The van der Waals surface area contributed by atoms with Gasteiger partial charge in [0.05, 0.1) is 23.6 Å². The fraction of sp³-hybridized carbons (Fsp3) is 0.0667. The highest BCUT2D eigenvalue weighted by Gasteiger charge is 2.18. The highest BCUT2D eigenvalue weighted by atomic mass is 79.9. The van der Waals surface area contributed by atoms with Crippen molar-refractivity contribution in [1.82, 2.24) is 15.0 Å². The molecule has 1 heterocycles. The zero-order chi connectivity index (χ0) is 14.8. The Morgan fingerprint density at radius 1 is 1.14 bits per heavy atom. The molecule has 1 atom stereocenters. The lowest BCUT2D eigenvalue weighted by atomic mass is 10.1. The third-order valence-electron chi connectivity index (χ3n) is 3.19. The third kappa shape index (κ3) is 2.85. The van der Waals surface area contributed by atoms with Crippen molar-refractivity contribution in [3.05, 3.63) is 75.5 Å². The van der Waals surface area contributed by atoms with Gasteiger partial charge in [-0.05, 0) is 29.8 Å². The lowest BCUT2D eigenvalue weighted by Gasteiger charge is -2.15. The molecule has 3 rings (SSSR count). The molecule has 21 heavy (non-hydrogen) atoms. The van der Waals surface area contributed by atoms with E-state index in [-0.39, 0.29) is 6.04 Å². The summed E-state index contributed by atoms with van der Waals surface area (Å²) in [5.74, 6) is 0. The van der Waals surface area contributed by atoms with E-state index in [4.69, 9.17) is 17.3 Å². The largest absolute Gasteiger partial charge is 0.319 e. The summed E-state index contributed by atoms with van der Waals surface area (Å²) >= 11 is 9.47. The summed E-state index contributed by atoms with van der Waals surface area (Å²) in [7, 11) is 0. The van der Waals surface area contributed by atoms with E-state index in [1.807, 2.05) is 48.5 Å². The molecule has 0 aliphatic carbocycles. The van der Waals surface area contributed by atoms with Crippen LogP contribution in [0.4, 0.5) is 0 Å². The highest BCUT2D eigenvalue weighted by molar-refractivity contribution is 9.10. The summed E-state index contributed by atoms with van der Waals surface area (Å²) in [6.45, 7) is 0. The summed E-state index contributed by atoms with van der Waals surface area (Å²) in [6.07, 6.45) is 1.68. The molecule has 0 fully saturated rings. The molecule has 1 unspecified atom stereocenters. The molecule has 0 radical (unpaired) electrons. The Hall–Kier alpha value is -1.69. The molecule has 0 aliphatic heterocycles. The number of para-hydroxylation sites is 1. The third-order valence-corrected chi connectivity index (χ3v) is 4.11. The second-order valence-corrected chi connectivity index (χ2v) is 5.84. The number of nitrogens with two attached hydrogens (primary N) is 1. The maximum Gasteiger partial charge on any atom is 0.0858 e. The number of hydrogen-bond donors (Lipinski definition) is 1. The second-order valence-electron chi connectivity index (χ2n) is 4.55. The SMILES string of the molecule is NC(c1ccc(Cl)cc1Br)c1cnnn1-c1ccccc1. The number of nitrogens with zero attached hydrogens (tertiary/aromatic N) is 3. The van der Waals surface area contributed by atoms with Gasteiger partial charge in [0.25, 0.3) is 0 Å². The number of halogens is 2. The smallest absolute Gasteiger partial charge is 0.0858 e. The van der Waals surface area contributed by atoms with E-state index in [1.165, 1.54) is 0 Å². The quantitative estimate of drug-likeness (QED) is 0.771. The molecule has 106 valence electrons. The minimum absolute atomic E-state index is 0.355. The zero-order valence-electron chi connectivity index (χ0n) is 10.9. The molecule has 3 aromatic rings. The minimum atomic E-state index is -0.355. The summed E-state index contributed by atoms with van der Waals surface area (Å²) in [5, 5.41) is 8.77. The molecule has 0 saturated carbocycles. The maximum absolute atomic E-state index is 6.38. The van der Waals surface area contributed by atoms with Gasteiger partial charge in [-0.15, -0.1) is 5.10 Å². The van der Waals surface area contributed by atoms with Gasteiger partial charge in [0.15, 0.2) is 0 Å². The van der Waals surface area contributed by atoms with Crippen LogP contribution in [0.25, 0.3) is 5.69 Å². The Morgan fingerprint density at radius 2 is 1.90 bits per heavy atom. The minimum Gasteiger partial charge on any atom is -0.319 e. The van der Waals surface area contributed by atoms with Crippen molar-refractivity contribution < 1.29 is 0 Å². The van der Waals surface area contributed by atoms with Crippen molar-refractivity contribution in [2.75, 3.05) is 0 Å². The second kappa shape index (κ2) is 5.97. The van der Waals surface area contributed by atoms with Gasteiger partial charge in [-0.25, -0.2) is 4.68 Å². The van der Waals surface area contributed by atoms with Gasteiger partial charge >= 0.3 is 0 Å². The van der Waals surface area contributed by atoms with Gasteiger partial charge in [0.1, 0.15) is 0 Å². The standard InChI is InChI=1S/C15H12BrClN4/c16-13-8-10(17)6-7-12(13)15(18)14-9-19-20-21(14)11-4-2-1-3-5-11/h1-9,15H,18H2.